The monoisotopic (exact) mass is 287 g/mol. The molecule has 0 saturated heterocycles. The lowest BCUT2D eigenvalue weighted by Crippen LogP contribution is -2.29. The number of ether oxygens (including phenoxy) is 1. The lowest BCUT2D eigenvalue weighted by molar-refractivity contribution is -0.147. The summed E-state index contributed by atoms with van der Waals surface area (Å²) in [6.45, 7) is 3.73. The SMILES string of the molecule is CC(=O)OC(C)NCc1ccc(CCc2ccccc2)o1. The summed E-state index contributed by atoms with van der Waals surface area (Å²) in [7, 11) is 0. The molecule has 0 fully saturated rings. The Morgan fingerprint density at radius 1 is 1.14 bits per heavy atom. The van der Waals surface area contributed by atoms with Gasteiger partial charge in [0, 0.05) is 13.3 Å². The molecular weight excluding hydrogens is 266 g/mol. The number of aryl methyl sites for hydroxylation is 2. The summed E-state index contributed by atoms with van der Waals surface area (Å²) in [6, 6.07) is 14.3. The van der Waals surface area contributed by atoms with E-state index < -0.39 is 0 Å². The summed E-state index contributed by atoms with van der Waals surface area (Å²) in [5, 5.41) is 3.08. The van der Waals surface area contributed by atoms with Crippen molar-refractivity contribution in [3.63, 3.8) is 0 Å². The van der Waals surface area contributed by atoms with Crippen molar-refractivity contribution in [3.8, 4) is 0 Å². The van der Waals surface area contributed by atoms with Crippen molar-refractivity contribution in [3.05, 3.63) is 59.5 Å². The minimum absolute atomic E-state index is 0.294. The average molecular weight is 287 g/mol. The predicted molar refractivity (Wildman–Crippen MR) is 80.6 cm³/mol. The van der Waals surface area contributed by atoms with Crippen molar-refractivity contribution in [1.82, 2.24) is 5.32 Å². The van der Waals surface area contributed by atoms with Gasteiger partial charge in [-0.1, -0.05) is 30.3 Å². The highest BCUT2D eigenvalue weighted by molar-refractivity contribution is 5.66. The van der Waals surface area contributed by atoms with Crippen LogP contribution in [-0.2, 0) is 28.9 Å². The Morgan fingerprint density at radius 2 is 1.86 bits per heavy atom. The molecule has 1 N–H and O–H groups in total. The van der Waals surface area contributed by atoms with Crippen LogP contribution in [-0.4, -0.2) is 12.2 Å². The summed E-state index contributed by atoms with van der Waals surface area (Å²) in [5.41, 5.74) is 1.30. The van der Waals surface area contributed by atoms with E-state index in [-0.39, 0.29) is 12.2 Å². The molecule has 1 aromatic heterocycles. The fourth-order valence-electron chi connectivity index (χ4n) is 2.10. The number of carbonyl (C=O) groups excluding carboxylic acids is 1. The van der Waals surface area contributed by atoms with Gasteiger partial charge in [0.1, 0.15) is 11.5 Å². The van der Waals surface area contributed by atoms with E-state index in [1.807, 2.05) is 30.3 Å². The molecule has 21 heavy (non-hydrogen) atoms. The first-order valence-corrected chi connectivity index (χ1v) is 7.15. The van der Waals surface area contributed by atoms with E-state index in [0.29, 0.717) is 6.54 Å². The molecule has 1 aromatic carbocycles. The highest BCUT2D eigenvalue weighted by Crippen LogP contribution is 2.11. The second-order valence-electron chi connectivity index (χ2n) is 4.99. The number of nitrogens with one attached hydrogen (secondary N) is 1. The van der Waals surface area contributed by atoms with E-state index in [1.165, 1.54) is 12.5 Å². The third-order valence-corrected chi connectivity index (χ3v) is 3.13. The first-order valence-electron chi connectivity index (χ1n) is 7.15. The van der Waals surface area contributed by atoms with E-state index in [0.717, 1.165) is 24.4 Å². The van der Waals surface area contributed by atoms with Gasteiger partial charge in [-0.15, -0.1) is 0 Å². The van der Waals surface area contributed by atoms with E-state index in [9.17, 15) is 4.79 Å². The molecule has 2 rings (SSSR count). The fraction of sp³-hybridized carbons (Fsp3) is 0.353. The molecule has 1 atom stereocenters. The molecule has 1 unspecified atom stereocenters. The van der Waals surface area contributed by atoms with E-state index in [2.05, 4.69) is 17.4 Å². The Hall–Kier alpha value is -2.07. The number of furan rings is 1. The highest BCUT2D eigenvalue weighted by Gasteiger charge is 2.07. The van der Waals surface area contributed by atoms with Gasteiger partial charge < -0.3 is 9.15 Å². The maximum atomic E-state index is 10.8. The molecule has 0 aliphatic heterocycles. The largest absolute Gasteiger partial charge is 0.465 e. The molecule has 0 aliphatic rings. The van der Waals surface area contributed by atoms with Crippen LogP contribution >= 0.6 is 0 Å². The van der Waals surface area contributed by atoms with Crippen molar-refractivity contribution in [2.45, 2.75) is 39.5 Å². The fourth-order valence-corrected chi connectivity index (χ4v) is 2.10. The Balaban J connectivity index is 1.77. The Kier molecular flexibility index (Phi) is 5.58. The number of hydrogen-bond donors (Lipinski definition) is 1. The van der Waals surface area contributed by atoms with E-state index >= 15 is 0 Å². The van der Waals surface area contributed by atoms with Crippen LogP contribution in [0.2, 0.25) is 0 Å². The minimum atomic E-state index is -0.319. The van der Waals surface area contributed by atoms with E-state index in [1.54, 1.807) is 6.92 Å². The predicted octanol–water partition coefficient (Wildman–Crippen LogP) is 3.06. The van der Waals surface area contributed by atoms with Crippen LogP contribution in [0.3, 0.4) is 0 Å². The smallest absolute Gasteiger partial charge is 0.304 e. The topological polar surface area (TPSA) is 51.5 Å². The zero-order valence-electron chi connectivity index (χ0n) is 12.5. The van der Waals surface area contributed by atoms with Crippen molar-refractivity contribution < 1.29 is 13.9 Å². The average Bonchev–Trinajstić information content (AvgIpc) is 2.91. The lowest BCUT2D eigenvalue weighted by atomic mass is 10.1. The molecule has 0 radical (unpaired) electrons. The molecule has 1 heterocycles. The molecular formula is C17H21NO3. The van der Waals surface area contributed by atoms with Gasteiger partial charge in [0.15, 0.2) is 6.23 Å². The van der Waals surface area contributed by atoms with Gasteiger partial charge in [-0.25, -0.2) is 0 Å². The maximum absolute atomic E-state index is 10.8. The molecule has 2 aromatic rings. The van der Waals surface area contributed by atoms with Gasteiger partial charge >= 0.3 is 5.97 Å². The summed E-state index contributed by atoms with van der Waals surface area (Å²) in [5.74, 6) is 1.52. The van der Waals surface area contributed by atoms with Gasteiger partial charge in [-0.3, -0.25) is 10.1 Å². The van der Waals surface area contributed by atoms with Gasteiger partial charge in [0.2, 0.25) is 0 Å². The molecule has 4 heteroatoms. The molecule has 0 bridgehead atoms. The van der Waals surface area contributed by atoms with Gasteiger partial charge in [0.25, 0.3) is 0 Å². The third-order valence-electron chi connectivity index (χ3n) is 3.13. The van der Waals surface area contributed by atoms with Gasteiger partial charge in [-0.2, -0.15) is 0 Å². The summed E-state index contributed by atoms with van der Waals surface area (Å²) in [4.78, 5) is 10.8. The number of benzene rings is 1. The van der Waals surface area contributed by atoms with Crippen LogP contribution in [0.5, 0.6) is 0 Å². The van der Waals surface area contributed by atoms with E-state index in [4.69, 9.17) is 9.15 Å². The van der Waals surface area contributed by atoms with Crippen LogP contribution in [0, 0.1) is 0 Å². The Morgan fingerprint density at radius 3 is 2.57 bits per heavy atom. The van der Waals surface area contributed by atoms with Crippen LogP contribution in [0.4, 0.5) is 0 Å². The molecule has 0 aliphatic carbocycles. The molecule has 4 nitrogen and oxygen atoms in total. The second-order valence-corrected chi connectivity index (χ2v) is 4.99. The normalized spacial score (nSPS) is 12.1. The molecule has 0 saturated carbocycles. The molecule has 0 amide bonds. The number of esters is 1. The zero-order chi connectivity index (χ0) is 15.1. The standard InChI is InChI=1S/C17H21NO3/c1-13(20-14(2)19)18-12-17-11-10-16(21-17)9-8-15-6-4-3-5-7-15/h3-7,10-11,13,18H,8-9,12H2,1-2H3. The Bertz CT molecular complexity index is 562. The quantitative estimate of drug-likeness (QED) is 0.628. The highest BCUT2D eigenvalue weighted by atomic mass is 16.6. The zero-order valence-corrected chi connectivity index (χ0v) is 12.5. The van der Waals surface area contributed by atoms with Crippen LogP contribution < -0.4 is 5.32 Å². The minimum Gasteiger partial charge on any atom is -0.465 e. The van der Waals surface area contributed by atoms with Crippen LogP contribution in [0.25, 0.3) is 0 Å². The van der Waals surface area contributed by atoms with Crippen LogP contribution in [0.15, 0.2) is 46.9 Å². The first-order chi connectivity index (χ1) is 10.1. The number of carbonyl (C=O) groups is 1. The van der Waals surface area contributed by atoms with Crippen LogP contribution in [0.1, 0.15) is 30.9 Å². The summed E-state index contributed by atoms with van der Waals surface area (Å²) < 4.78 is 10.8. The molecule has 0 spiro atoms. The summed E-state index contributed by atoms with van der Waals surface area (Å²) >= 11 is 0. The number of rotatable bonds is 7. The third kappa shape index (κ3) is 5.44. The summed E-state index contributed by atoms with van der Waals surface area (Å²) in [6.07, 6.45) is 1.52. The lowest BCUT2D eigenvalue weighted by Gasteiger charge is -2.12. The van der Waals surface area contributed by atoms with Gasteiger partial charge in [-0.05, 0) is 31.0 Å². The number of hydrogen-bond acceptors (Lipinski definition) is 4. The molecule has 112 valence electrons. The van der Waals surface area contributed by atoms with Crippen molar-refractivity contribution >= 4 is 5.97 Å². The van der Waals surface area contributed by atoms with Crippen molar-refractivity contribution in [2.24, 2.45) is 0 Å². The second kappa shape index (κ2) is 7.64. The first kappa shape index (κ1) is 15.3. The van der Waals surface area contributed by atoms with Gasteiger partial charge in [0.05, 0.1) is 6.54 Å². The van der Waals surface area contributed by atoms with Crippen molar-refractivity contribution in [2.75, 3.05) is 0 Å². The Labute approximate surface area is 125 Å². The van der Waals surface area contributed by atoms with Crippen molar-refractivity contribution in [1.29, 1.82) is 0 Å². The maximum Gasteiger partial charge on any atom is 0.304 e.